The maximum Gasteiger partial charge on any atom is 0.0310 e. The van der Waals surface area contributed by atoms with Crippen molar-refractivity contribution in [2.45, 2.75) is 37.2 Å². The lowest BCUT2D eigenvalue weighted by molar-refractivity contribution is 0.983. The molecule has 0 saturated heterocycles. The smallest absolute Gasteiger partial charge is 0.0310 e. The largest absolute Gasteiger partial charge is 0.146 e. The van der Waals surface area contributed by atoms with Gasteiger partial charge >= 0.3 is 0 Å². The molecular weight excluding hydrogens is 272 g/mol. The topological polar surface area (TPSA) is 0 Å². The van der Waals surface area contributed by atoms with Crippen LogP contribution in [-0.4, -0.2) is 10.5 Å². The van der Waals surface area contributed by atoms with Crippen molar-refractivity contribution in [2.75, 3.05) is 0 Å². The summed E-state index contributed by atoms with van der Waals surface area (Å²) in [4.78, 5) is 0. The van der Waals surface area contributed by atoms with E-state index in [9.17, 15) is 0 Å². The van der Waals surface area contributed by atoms with Crippen LogP contribution in [0.15, 0.2) is 60.7 Å². The maximum atomic E-state index is 2.31. The van der Waals surface area contributed by atoms with E-state index >= 15 is 0 Å². The second-order valence-corrected chi connectivity index (χ2v) is 6.90. The molecule has 0 nitrogen and oxygen atoms in total. The first-order chi connectivity index (χ1) is 10.3. The van der Waals surface area contributed by atoms with Crippen LogP contribution >= 0.6 is 11.8 Å². The average Bonchev–Trinajstić information content (AvgIpc) is 2.95. The zero-order chi connectivity index (χ0) is 14.7. The van der Waals surface area contributed by atoms with E-state index in [1.807, 2.05) is 0 Å². The molecule has 0 amide bonds. The molecule has 108 valence electrons. The second kappa shape index (κ2) is 6.53. The van der Waals surface area contributed by atoms with E-state index in [1.165, 1.54) is 24.0 Å². The molecule has 1 aliphatic rings. The minimum absolute atomic E-state index is 0.618. The van der Waals surface area contributed by atoms with E-state index in [1.54, 1.807) is 11.1 Å². The van der Waals surface area contributed by atoms with Crippen LogP contribution in [0.1, 0.15) is 37.8 Å². The van der Waals surface area contributed by atoms with Crippen LogP contribution < -0.4 is 0 Å². The van der Waals surface area contributed by atoms with Crippen LogP contribution in [0.3, 0.4) is 0 Å². The van der Waals surface area contributed by atoms with Crippen LogP contribution in [0, 0.1) is 0 Å². The van der Waals surface area contributed by atoms with Crippen molar-refractivity contribution in [3.63, 3.8) is 0 Å². The third kappa shape index (κ3) is 2.80. The second-order valence-electron chi connectivity index (χ2n) is 5.49. The van der Waals surface area contributed by atoms with Gasteiger partial charge in [0.05, 0.1) is 0 Å². The number of hydrogen-bond donors (Lipinski definition) is 0. The quantitative estimate of drug-likeness (QED) is 0.676. The summed E-state index contributed by atoms with van der Waals surface area (Å²) >= 11 is 2.14. The summed E-state index contributed by atoms with van der Waals surface area (Å²) in [5.74, 6) is 0. The van der Waals surface area contributed by atoms with Gasteiger partial charge < -0.3 is 0 Å². The van der Waals surface area contributed by atoms with Crippen molar-refractivity contribution in [2.24, 2.45) is 0 Å². The van der Waals surface area contributed by atoms with Gasteiger partial charge in [-0.15, -0.1) is 11.8 Å². The molecule has 0 radical (unpaired) electrons. The van der Waals surface area contributed by atoms with Gasteiger partial charge in [-0.05, 0) is 35.1 Å². The highest BCUT2D eigenvalue weighted by Crippen LogP contribution is 2.50. The zero-order valence-corrected chi connectivity index (χ0v) is 13.6. The van der Waals surface area contributed by atoms with Crippen molar-refractivity contribution >= 4 is 22.9 Å². The van der Waals surface area contributed by atoms with E-state index in [0.29, 0.717) is 10.5 Å². The van der Waals surface area contributed by atoms with Gasteiger partial charge in [-0.25, -0.2) is 0 Å². The molecule has 0 saturated carbocycles. The monoisotopic (exact) mass is 294 g/mol. The van der Waals surface area contributed by atoms with Gasteiger partial charge in [0, 0.05) is 10.5 Å². The van der Waals surface area contributed by atoms with Crippen LogP contribution in [0.25, 0.3) is 11.1 Å². The Bertz CT molecular complexity index is 557. The first-order valence-electron chi connectivity index (χ1n) is 7.85. The van der Waals surface area contributed by atoms with E-state index in [4.69, 9.17) is 0 Å². The molecule has 0 aromatic heterocycles. The molecule has 0 aliphatic carbocycles. The van der Waals surface area contributed by atoms with E-state index < -0.39 is 0 Å². The van der Waals surface area contributed by atoms with E-state index in [2.05, 4.69) is 86.3 Å². The Kier molecular flexibility index (Phi) is 4.50. The molecule has 2 aromatic rings. The van der Waals surface area contributed by atoms with Gasteiger partial charge in [0.15, 0.2) is 0 Å². The van der Waals surface area contributed by atoms with Crippen LogP contribution in [0.4, 0.5) is 0 Å². The molecule has 3 rings (SSSR count). The fourth-order valence-corrected chi connectivity index (χ4v) is 4.78. The summed E-state index contributed by atoms with van der Waals surface area (Å²) in [6, 6.07) is 21.9. The van der Waals surface area contributed by atoms with Crippen molar-refractivity contribution < 1.29 is 0 Å². The Morgan fingerprint density at radius 3 is 1.38 bits per heavy atom. The number of hydrogen-bond acceptors (Lipinski definition) is 1. The summed E-state index contributed by atoms with van der Waals surface area (Å²) in [7, 11) is 0. The van der Waals surface area contributed by atoms with Crippen LogP contribution in [0.2, 0.25) is 0 Å². The van der Waals surface area contributed by atoms with Gasteiger partial charge in [0.1, 0.15) is 0 Å². The molecule has 2 unspecified atom stereocenters. The number of thioether (sulfide) groups is 1. The molecule has 1 aliphatic heterocycles. The van der Waals surface area contributed by atoms with Crippen LogP contribution in [-0.2, 0) is 0 Å². The Labute approximate surface area is 132 Å². The molecule has 1 heteroatoms. The maximum absolute atomic E-state index is 2.31. The van der Waals surface area contributed by atoms with Crippen molar-refractivity contribution in [3.8, 4) is 0 Å². The minimum atomic E-state index is 0.618. The van der Waals surface area contributed by atoms with Gasteiger partial charge in [-0.1, -0.05) is 74.5 Å². The van der Waals surface area contributed by atoms with Crippen LogP contribution in [0.5, 0.6) is 0 Å². The standard InChI is InChI=1S/C20H22S/c1-3-17-19(15-11-7-5-8-12-15)20(18(4-2)21-17)16-13-9-6-10-14-16/h5-14,17-18H,3-4H2,1-2H3. The Morgan fingerprint density at radius 2 is 1.05 bits per heavy atom. The van der Waals surface area contributed by atoms with Gasteiger partial charge in [-0.3, -0.25) is 0 Å². The fourth-order valence-electron chi connectivity index (χ4n) is 3.20. The third-order valence-electron chi connectivity index (χ3n) is 4.17. The van der Waals surface area contributed by atoms with E-state index in [-0.39, 0.29) is 0 Å². The SMILES string of the molecule is CCC1SC(CC)C(c2ccccc2)=C1c1ccccc1. The highest BCUT2D eigenvalue weighted by Gasteiger charge is 2.33. The Balaban J connectivity index is 2.19. The third-order valence-corrected chi connectivity index (χ3v) is 5.97. The van der Waals surface area contributed by atoms with E-state index in [0.717, 1.165) is 0 Å². The molecule has 2 aromatic carbocycles. The summed E-state index contributed by atoms with van der Waals surface area (Å²) in [5.41, 5.74) is 5.90. The van der Waals surface area contributed by atoms with Crippen molar-refractivity contribution in [1.29, 1.82) is 0 Å². The predicted molar refractivity (Wildman–Crippen MR) is 95.4 cm³/mol. The minimum Gasteiger partial charge on any atom is -0.146 e. The van der Waals surface area contributed by atoms with Gasteiger partial charge in [0.25, 0.3) is 0 Å². The number of benzene rings is 2. The van der Waals surface area contributed by atoms with Crippen molar-refractivity contribution in [3.05, 3.63) is 71.8 Å². The normalized spacial score (nSPS) is 21.8. The lowest BCUT2D eigenvalue weighted by atomic mass is 9.89. The average molecular weight is 294 g/mol. The molecule has 21 heavy (non-hydrogen) atoms. The summed E-state index contributed by atoms with van der Waals surface area (Å²) in [5, 5.41) is 1.24. The predicted octanol–water partition coefficient (Wildman–Crippen LogP) is 5.90. The molecule has 2 atom stereocenters. The molecule has 0 fully saturated rings. The highest BCUT2D eigenvalue weighted by molar-refractivity contribution is 8.01. The summed E-state index contributed by atoms with van der Waals surface area (Å²) in [6.07, 6.45) is 2.39. The lowest BCUT2D eigenvalue weighted by Gasteiger charge is -2.14. The summed E-state index contributed by atoms with van der Waals surface area (Å²) < 4.78 is 0. The Hall–Kier alpha value is -1.47. The molecular formula is C20H22S. The molecule has 0 N–H and O–H groups in total. The van der Waals surface area contributed by atoms with Gasteiger partial charge in [0.2, 0.25) is 0 Å². The highest BCUT2D eigenvalue weighted by atomic mass is 32.2. The molecule has 1 heterocycles. The fraction of sp³-hybridized carbons (Fsp3) is 0.300. The lowest BCUT2D eigenvalue weighted by Crippen LogP contribution is -2.00. The number of rotatable bonds is 4. The first-order valence-corrected chi connectivity index (χ1v) is 8.79. The summed E-state index contributed by atoms with van der Waals surface area (Å²) in [6.45, 7) is 4.61. The van der Waals surface area contributed by atoms with Crippen molar-refractivity contribution in [1.82, 2.24) is 0 Å². The molecule has 0 spiro atoms. The van der Waals surface area contributed by atoms with Gasteiger partial charge in [-0.2, -0.15) is 0 Å². The Morgan fingerprint density at radius 1 is 0.667 bits per heavy atom. The first kappa shape index (κ1) is 14.5. The zero-order valence-electron chi connectivity index (χ0n) is 12.8. The molecule has 0 bridgehead atoms.